The van der Waals surface area contributed by atoms with Gasteiger partial charge in [0.05, 0.1) is 70.2 Å². The third kappa shape index (κ3) is 7.57. The highest BCUT2D eigenvalue weighted by atomic mass is 16.6. The summed E-state index contributed by atoms with van der Waals surface area (Å²) in [5, 5.41) is 10.2. The molecule has 6 unspecified atom stereocenters. The van der Waals surface area contributed by atoms with Crippen LogP contribution in [0.25, 0.3) is 0 Å². The number of hydrogen-bond acceptors (Lipinski definition) is 10. The van der Waals surface area contributed by atoms with E-state index in [0.717, 1.165) is 88.0 Å². The lowest BCUT2D eigenvalue weighted by Crippen LogP contribution is -2.31. The maximum absolute atomic E-state index is 10.2. The molecule has 6 aliphatic heterocycles. The predicted molar refractivity (Wildman–Crippen MR) is 146 cm³/mol. The van der Waals surface area contributed by atoms with E-state index in [1.165, 1.54) is 5.69 Å². The van der Waals surface area contributed by atoms with Gasteiger partial charge in [-0.05, 0) is 29.3 Å². The Balaban J connectivity index is 0.000000132. The van der Waals surface area contributed by atoms with Crippen molar-refractivity contribution in [3.05, 3.63) is 47.0 Å². The molecule has 0 aliphatic carbocycles. The number of phenols is 1. The van der Waals surface area contributed by atoms with E-state index in [-0.39, 0.29) is 30.2 Å². The number of rotatable bonds is 14. The second-order valence-electron chi connectivity index (χ2n) is 11.5. The van der Waals surface area contributed by atoms with Gasteiger partial charge in [-0.2, -0.15) is 0 Å². The molecule has 10 heteroatoms. The van der Waals surface area contributed by atoms with E-state index in [0.29, 0.717) is 30.9 Å². The summed E-state index contributed by atoms with van der Waals surface area (Å²) in [6.45, 7) is 7.43. The zero-order chi connectivity index (χ0) is 27.1. The van der Waals surface area contributed by atoms with Crippen LogP contribution in [0.4, 0.5) is 11.4 Å². The predicted octanol–water partition coefficient (Wildman–Crippen LogP) is 1.87. The average molecular weight is 555 g/mol. The fourth-order valence-corrected chi connectivity index (χ4v) is 4.98. The molecule has 0 aromatic heterocycles. The molecular weight excluding hydrogens is 516 g/mol. The van der Waals surface area contributed by atoms with Gasteiger partial charge in [-0.25, -0.2) is 0 Å². The number of hydrogen-bond donors (Lipinski definition) is 2. The van der Waals surface area contributed by atoms with Crippen molar-refractivity contribution in [2.75, 3.05) is 70.0 Å². The van der Waals surface area contributed by atoms with Gasteiger partial charge in [0.1, 0.15) is 24.2 Å². The molecule has 6 atom stereocenters. The van der Waals surface area contributed by atoms with Crippen molar-refractivity contribution in [3.63, 3.8) is 0 Å². The summed E-state index contributed by atoms with van der Waals surface area (Å²) in [6, 6.07) is 10.1. The van der Waals surface area contributed by atoms with Crippen LogP contribution in [0.2, 0.25) is 0 Å². The molecule has 40 heavy (non-hydrogen) atoms. The number of phenolic OH excluding ortho intramolecular Hbond substituents is 1. The number of anilines is 2. The molecule has 6 aliphatic rings. The van der Waals surface area contributed by atoms with Crippen LogP contribution in [0.5, 0.6) is 11.5 Å². The normalized spacial score (nSPS) is 30.1. The zero-order valence-electron chi connectivity index (χ0n) is 22.7. The third-order valence-electron chi connectivity index (χ3n) is 7.85. The molecule has 0 spiro atoms. The molecule has 216 valence electrons. The maximum Gasteiger partial charge on any atom is 0.121 e. The summed E-state index contributed by atoms with van der Waals surface area (Å²) in [4.78, 5) is 2.33. The van der Waals surface area contributed by atoms with E-state index in [9.17, 15) is 5.11 Å². The molecule has 0 bridgehead atoms. The lowest BCUT2D eigenvalue weighted by molar-refractivity contribution is 0.263. The molecule has 0 amide bonds. The molecule has 2 aromatic rings. The molecule has 2 aromatic carbocycles. The Labute approximate surface area is 234 Å². The number of aromatic hydroxyl groups is 1. The van der Waals surface area contributed by atoms with Gasteiger partial charge < -0.3 is 48.9 Å². The topological polar surface area (TPSA) is 134 Å². The van der Waals surface area contributed by atoms with Crippen LogP contribution in [0.3, 0.4) is 0 Å². The van der Waals surface area contributed by atoms with Crippen molar-refractivity contribution in [3.8, 4) is 11.5 Å². The summed E-state index contributed by atoms with van der Waals surface area (Å²) in [6.07, 6.45) is 4.15. The number of nitrogens with zero attached hydrogens (tertiary/aromatic N) is 1. The van der Waals surface area contributed by atoms with Crippen molar-refractivity contribution in [1.29, 1.82) is 0 Å². The van der Waals surface area contributed by atoms with E-state index in [2.05, 4.69) is 17.0 Å². The first-order chi connectivity index (χ1) is 19.6. The van der Waals surface area contributed by atoms with Crippen molar-refractivity contribution in [2.45, 2.75) is 55.9 Å². The quantitative estimate of drug-likeness (QED) is 0.263. The highest BCUT2D eigenvalue weighted by Gasteiger charge is 2.33. The van der Waals surface area contributed by atoms with Crippen LogP contribution in [0, 0.1) is 0 Å². The van der Waals surface area contributed by atoms with Crippen LogP contribution < -0.4 is 15.4 Å². The monoisotopic (exact) mass is 554 g/mol. The molecule has 6 fully saturated rings. The van der Waals surface area contributed by atoms with Crippen LogP contribution in [0.1, 0.15) is 16.7 Å². The van der Waals surface area contributed by atoms with E-state index in [1.54, 1.807) is 0 Å². The SMILES string of the molecule is Nc1c(CC2CO2)c(O)cc(CC2CO2)c1CC1CO1.c1cc(OCC2CO2)cc(N(CC2CO2)CC2CO2)c1. The van der Waals surface area contributed by atoms with E-state index < -0.39 is 0 Å². The summed E-state index contributed by atoms with van der Waals surface area (Å²) >= 11 is 0. The second-order valence-corrected chi connectivity index (χ2v) is 11.5. The maximum atomic E-state index is 10.2. The minimum atomic E-state index is 0.214. The fraction of sp³-hybridized carbons (Fsp3) is 0.600. The van der Waals surface area contributed by atoms with Gasteiger partial charge in [-0.15, -0.1) is 0 Å². The lowest BCUT2D eigenvalue weighted by Gasteiger charge is -2.23. The van der Waals surface area contributed by atoms with Crippen LogP contribution in [0.15, 0.2) is 30.3 Å². The van der Waals surface area contributed by atoms with Gasteiger partial charge in [0, 0.05) is 55.4 Å². The Morgan fingerprint density at radius 1 is 0.725 bits per heavy atom. The number of nitrogen functional groups attached to an aromatic ring is 1. The van der Waals surface area contributed by atoms with Crippen molar-refractivity contribution < 1.29 is 38.3 Å². The molecule has 0 saturated carbocycles. The molecule has 8 rings (SSSR count). The molecule has 6 saturated heterocycles. The Kier molecular flexibility index (Phi) is 7.46. The van der Waals surface area contributed by atoms with E-state index in [1.807, 2.05) is 18.2 Å². The summed E-state index contributed by atoms with van der Waals surface area (Å²) < 4.78 is 37.5. The van der Waals surface area contributed by atoms with Gasteiger partial charge in [-0.3, -0.25) is 0 Å². The Hall–Kier alpha value is -2.60. The lowest BCUT2D eigenvalue weighted by atomic mass is 9.92. The first-order valence-electron chi connectivity index (χ1n) is 14.4. The standard InChI is InChI=1S/2C15H19NO4/c16-15-12(3-10-6-19-10)8(1-9-5-18-9)2-14(17)13(15)4-11-7-20-11;1-2-11(4-12(3-1)17-9-15-10-20-15)16(5-13-7-18-13)6-14-8-19-14/h2,9-11,17H,1,3-7,16H2;1-4,13-15H,5-10H2. The van der Waals surface area contributed by atoms with E-state index >= 15 is 0 Å². The Morgan fingerprint density at radius 2 is 1.27 bits per heavy atom. The third-order valence-corrected chi connectivity index (χ3v) is 7.85. The van der Waals surface area contributed by atoms with Gasteiger partial charge >= 0.3 is 0 Å². The Bertz CT molecular complexity index is 1170. The molecule has 6 heterocycles. The zero-order valence-corrected chi connectivity index (χ0v) is 22.7. The average Bonchev–Trinajstić information content (AvgIpc) is 3.75. The minimum Gasteiger partial charge on any atom is -0.508 e. The fourth-order valence-electron chi connectivity index (χ4n) is 4.98. The van der Waals surface area contributed by atoms with Crippen molar-refractivity contribution >= 4 is 11.4 Å². The summed E-state index contributed by atoms with van der Waals surface area (Å²) in [7, 11) is 0. The van der Waals surface area contributed by atoms with Gasteiger partial charge in [0.2, 0.25) is 0 Å². The minimum absolute atomic E-state index is 0.214. The first kappa shape index (κ1) is 26.3. The number of epoxide rings is 6. The van der Waals surface area contributed by atoms with Crippen LogP contribution in [-0.2, 0) is 47.7 Å². The highest BCUT2D eigenvalue weighted by Crippen LogP contribution is 2.37. The number of nitrogens with two attached hydrogens (primary N) is 1. The van der Waals surface area contributed by atoms with Crippen LogP contribution >= 0.6 is 0 Å². The second kappa shape index (κ2) is 11.3. The number of ether oxygens (including phenoxy) is 7. The smallest absolute Gasteiger partial charge is 0.121 e. The van der Waals surface area contributed by atoms with Crippen LogP contribution in [-0.4, -0.2) is 101 Å². The molecule has 0 radical (unpaired) electrons. The van der Waals surface area contributed by atoms with Gasteiger partial charge in [-0.1, -0.05) is 6.07 Å². The Morgan fingerprint density at radius 3 is 1.85 bits per heavy atom. The largest absolute Gasteiger partial charge is 0.508 e. The van der Waals surface area contributed by atoms with E-state index in [4.69, 9.17) is 38.9 Å². The summed E-state index contributed by atoms with van der Waals surface area (Å²) in [5.41, 5.74) is 11.2. The molecule has 3 N–H and O–H groups in total. The van der Waals surface area contributed by atoms with Crippen molar-refractivity contribution in [1.82, 2.24) is 0 Å². The highest BCUT2D eigenvalue weighted by molar-refractivity contribution is 5.63. The van der Waals surface area contributed by atoms with Crippen molar-refractivity contribution in [2.24, 2.45) is 0 Å². The first-order valence-corrected chi connectivity index (χ1v) is 14.4. The molecule has 10 nitrogen and oxygen atoms in total. The van der Waals surface area contributed by atoms with Gasteiger partial charge in [0.25, 0.3) is 0 Å². The summed E-state index contributed by atoms with van der Waals surface area (Å²) in [5.74, 6) is 1.19. The molecular formula is C30H38N2O8. The van der Waals surface area contributed by atoms with Gasteiger partial charge in [0.15, 0.2) is 0 Å². The number of benzene rings is 2.